The highest BCUT2D eigenvalue weighted by Gasteiger charge is 2.33. The Morgan fingerprint density at radius 1 is 1.06 bits per heavy atom. The largest absolute Gasteiger partial charge is 0.497 e. The highest BCUT2D eigenvalue weighted by molar-refractivity contribution is 7.89. The van der Waals surface area contributed by atoms with Gasteiger partial charge in [0, 0.05) is 38.4 Å². The molecule has 2 heterocycles. The van der Waals surface area contributed by atoms with Gasteiger partial charge in [0.1, 0.15) is 5.75 Å². The number of hydrogen-bond acceptors (Lipinski definition) is 6. The molecule has 0 aliphatic carbocycles. The number of benzene rings is 2. The van der Waals surface area contributed by atoms with Gasteiger partial charge in [-0.25, -0.2) is 8.42 Å². The van der Waals surface area contributed by atoms with Gasteiger partial charge in [0.25, 0.3) is 0 Å². The van der Waals surface area contributed by atoms with E-state index in [1.54, 1.807) is 24.3 Å². The molecule has 2 saturated heterocycles. The van der Waals surface area contributed by atoms with Gasteiger partial charge in [0.15, 0.2) is 0 Å². The number of nitrogens with zero attached hydrogens (tertiary/aromatic N) is 2. The van der Waals surface area contributed by atoms with Crippen LogP contribution in [0.15, 0.2) is 53.4 Å². The summed E-state index contributed by atoms with van der Waals surface area (Å²) in [6, 6.07) is 14.5. The van der Waals surface area contributed by atoms with E-state index in [2.05, 4.69) is 22.3 Å². The number of morpholine rings is 1. The number of carbonyl (C=O) groups excluding carboxylic acids is 1. The van der Waals surface area contributed by atoms with E-state index >= 15 is 0 Å². The lowest BCUT2D eigenvalue weighted by Gasteiger charge is -2.31. The number of rotatable bonds is 7. The second kappa shape index (κ2) is 10.5. The fraction of sp³-hybridized carbons (Fsp3) is 0.458. The van der Waals surface area contributed by atoms with Crippen LogP contribution in [0.4, 0.5) is 5.69 Å². The van der Waals surface area contributed by atoms with Crippen molar-refractivity contribution in [2.45, 2.75) is 24.3 Å². The summed E-state index contributed by atoms with van der Waals surface area (Å²) >= 11 is 0. The van der Waals surface area contributed by atoms with Gasteiger partial charge < -0.3 is 19.7 Å². The van der Waals surface area contributed by atoms with E-state index in [4.69, 9.17) is 9.47 Å². The minimum absolute atomic E-state index is 0.109. The molecule has 8 nitrogen and oxygen atoms in total. The zero-order chi connectivity index (χ0) is 23.3. The van der Waals surface area contributed by atoms with Crippen LogP contribution in [-0.2, 0) is 26.1 Å². The van der Waals surface area contributed by atoms with E-state index in [0.29, 0.717) is 31.7 Å². The first-order chi connectivity index (χ1) is 16.0. The molecule has 4 rings (SSSR count). The SMILES string of the molecule is COc1ccc(S(=O)(=O)N2CCC[C@H](C(=O)NCc3ccc(N4CCOCC4)cc3)C2)cc1. The Labute approximate surface area is 195 Å². The molecule has 1 N–H and O–H groups in total. The van der Waals surface area contributed by atoms with Crippen LogP contribution in [0.2, 0.25) is 0 Å². The summed E-state index contributed by atoms with van der Waals surface area (Å²) in [5.74, 6) is 0.129. The molecule has 1 atom stereocenters. The van der Waals surface area contributed by atoms with Gasteiger partial charge in [-0.1, -0.05) is 12.1 Å². The van der Waals surface area contributed by atoms with E-state index in [1.807, 2.05) is 12.1 Å². The fourth-order valence-electron chi connectivity index (χ4n) is 4.25. The Balaban J connectivity index is 1.32. The van der Waals surface area contributed by atoms with Crippen molar-refractivity contribution in [1.82, 2.24) is 9.62 Å². The maximum Gasteiger partial charge on any atom is 0.243 e. The van der Waals surface area contributed by atoms with E-state index in [1.165, 1.54) is 11.4 Å². The summed E-state index contributed by atoms with van der Waals surface area (Å²) in [6.45, 7) is 4.28. The molecule has 2 fully saturated rings. The molecule has 1 amide bonds. The summed E-state index contributed by atoms with van der Waals surface area (Å²) in [7, 11) is -2.11. The van der Waals surface area contributed by atoms with Crippen LogP contribution in [0.1, 0.15) is 18.4 Å². The Morgan fingerprint density at radius 3 is 2.42 bits per heavy atom. The highest BCUT2D eigenvalue weighted by atomic mass is 32.2. The average Bonchev–Trinajstić information content (AvgIpc) is 2.88. The molecule has 2 aliphatic rings. The number of ether oxygens (including phenoxy) is 2. The summed E-state index contributed by atoms with van der Waals surface area (Å²) in [6.07, 6.45) is 1.33. The molecule has 9 heteroatoms. The highest BCUT2D eigenvalue weighted by Crippen LogP contribution is 2.25. The van der Waals surface area contributed by atoms with Gasteiger partial charge >= 0.3 is 0 Å². The molecule has 2 aromatic carbocycles. The van der Waals surface area contributed by atoms with E-state index < -0.39 is 10.0 Å². The lowest BCUT2D eigenvalue weighted by molar-refractivity contribution is -0.126. The van der Waals surface area contributed by atoms with Crippen LogP contribution in [0.3, 0.4) is 0 Å². The fourth-order valence-corrected chi connectivity index (χ4v) is 5.78. The van der Waals surface area contributed by atoms with Crippen molar-refractivity contribution in [3.8, 4) is 5.75 Å². The molecule has 0 saturated carbocycles. The molecular weight excluding hydrogens is 442 g/mol. The van der Waals surface area contributed by atoms with Gasteiger partial charge in [-0.15, -0.1) is 0 Å². The van der Waals surface area contributed by atoms with Crippen LogP contribution >= 0.6 is 0 Å². The molecule has 178 valence electrons. The summed E-state index contributed by atoms with van der Waals surface area (Å²) in [5, 5.41) is 2.98. The third-order valence-electron chi connectivity index (χ3n) is 6.23. The summed E-state index contributed by atoms with van der Waals surface area (Å²) < 4.78 is 38.0. The van der Waals surface area contributed by atoms with Crippen molar-refractivity contribution in [2.24, 2.45) is 5.92 Å². The monoisotopic (exact) mass is 473 g/mol. The van der Waals surface area contributed by atoms with Crippen LogP contribution in [0.25, 0.3) is 0 Å². The Kier molecular flexibility index (Phi) is 7.52. The molecule has 0 spiro atoms. The van der Waals surface area contributed by atoms with Gasteiger partial charge in [-0.05, 0) is 54.8 Å². The first-order valence-electron chi connectivity index (χ1n) is 11.3. The van der Waals surface area contributed by atoms with Crippen molar-refractivity contribution < 1.29 is 22.7 Å². The minimum Gasteiger partial charge on any atom is -0.497 e. The standard InChI is InChI=1S/C24H31N3O5S/c1-31-22-8-10-23(11-9-22)33(29,30)27-12-2-3-20(18-27)24(28)25-17-19-4-6-21(7-5-19)26-13-15-32-16-14-26/h4-11,20H,2-3,12-18H2,1H3,(H,25,28)/t20-/m0/s1. The number of hydrogen-bond donors (Lipinski definition) is 1. The van der Waals surface area contributed by atoms with Gasteiger partial charge in [0.2, 0.25) is 15.9 Å². The van der Waals surface area contributed by atoms with Crippen molar-refractivity contribution in [1.29, 1.82) is 0 Å². The van der Waals surface area contributed by atoms with E-state index in [9.17, 15) is 13.2 Å². The molecule has 0 aromatic heterocycles. The number of amides is 1. The molecule has 0 bridgehead atoms. The van der Waals surface area contributed by atoms with Crippen molar-refractivity contribution in [3.05, 3.63) is 54.1 Å². The smallest absolute Gasteiger partial charge is 0.243 e. The first kappa shape index (κ1) is 23.5. The van der Waals surface area contributed by atoms with Crippen molar-refractivity contribution in [2.75, 3.05) is 51.4 Å². The molecule has 0 radical (unpaired) electrons. The Morgan fingerprint density at radius 2 is 1.76 bits per heavy atom. The number of carbonyl (C=O) groups is 1. The maximum atomic E-state index is 13.0. The Bertz CT molecular complexity index is 1030. The quantitative estimate of drug-likeness (QED) is 0.664. The predicted molar refractivity (Wildman–Crippen MR) is 126 cm³/mol. The molecular formula is C24H31N3O5S. The van der Waals surface area contributed by atoms with Gasteiger partial charge in [-0.3, -0.25) is 4.79 Å². The number of methoxy groups -OCH3 is 1. The molecule has 2 aromatic rings. The van der Waals surface area contributed by atoms with E-state index in [-0.39, 0.29) is 23.3 Å². The van der Waals surface area contributed by atoms with Gasteiger partial charge in [-0.2, -0.15) is 4.31 Å². The van der Waals surface area contributed by atoms with Gasteiger partial charge in [0.05, 0.1) is 31.1 Å². The molecule has 33 heavy (non-hydrogen) atoms. The molecule has 0 unspecified atom stereocenters. The second-order valence-electron chi connectivity index (χ2n) is 8.36. The third-order valence-corrected chi connectivity index (χ3v) is 8.11. The number of anilines is 1. The van der Waals surface area contributed by atoms with Crippen molar-refractivity contribution in [3.63, 3.8) is 0 Å². The second-order valence-corrected chi connectivity index (χ2v) is 10.3. The maximum absolute atomic E-state index is 13.0. The topological polar surface area (TPSA) is 88.2 Å². The number of nitrogens with one attached hydrogen (secondary N) is 1. The minimum atomic E-state index is -3.65. The Hall–Kier alpha value is -2.62. The average molecular weight is 474 g/mol. The van der Waals surface area contributed by atoms with Crippen LogP contribution in [-0.4, -0.2) is 65.1 Å². The third kappa shape index (κ3) is 5.66. The predicted octanol–water partition coefficient (Wildman–Crippen LogP) is 2.25. The summed E-state index contributed by atoms with van der Waals surface area (Å²) in [4.78, 5) is 15.3. The summed E-state index contributed by atoms with van der Waals surface area (Å²) in [5.41, 5.74) is 2.17. The van der Waals surface area contributed by atoms with E-state index in [0.717, 1.165) is 37.6 Å². The van der Waals surface area contributed by atoms with Crippen LogP contribution in [0.5, 0.6) is 5.75 Å². The number of piperidine rings is 1. The zero-order valence-electron chi connectivity index (χ0n) is 18.9. The first-order valence-corrected chi connectivity index (χ1v) is 12.7. The molecule has 2 aliphatic heterocycles. The lowest BCUT2D eigenvalue weighted by atomic mass is 9.98. The van der Waals surface area contributed by atoms with Crippen LogP contribution in [0, 0.1) is 5.92 Å². The normalized spacial score (nSPS) is 19.8. The van der Waals surface area contributed by atoms with Crippen LogP contribution < -0.4 is 15.0 Å². The zero-order valence-corrected chi connectivity index (χ0v) is 19.7. The number of sulfonamides is 1. The van der Waals surface area contributed by atoms with Crippen molar-refractivity contribution >= 4 is 21.6 Å². The lowest BCUT2D eigenvalue weighted by Crippen LogP contribution is -2.45.